The highest BCUT2D eigenvalue weighted by Gasteiger charge is 2.45. The first-order valence-electron chi connectivity index (χ1n) is 12.0. The first-order valence-corrected chi connectivity index (χ1v) is 12.0. The van der Waals surface area contributed by atoms with E-state index in [0.717, 1.165) is 42.6 Å². The first-order chi connectivity index (χ1) is 16.5. The van der Waals surface area contributed by atoms with Gasteiger partial charge in [-0.25, -0.2) is 4.79 Å². The van der Waals surface area contributed by atoms with Gasteiger partial charge in [-0.3, -0.25) is 9.59 Å². The summed E-state index contributed by atoms with van der Waals surface area (Å²) in [4.78, 5) is 40.8. The maximum atomic E-state index is 13.5. The molecule has 8 heteroatoms. The Hall–Kier alpha value is -3.55. The summed E-state index contributed by atoms with van der Waals surface area (Å²) in [5.41, 5.74) is 2.77. The number of carbonyl (C=O) groups is 3. The minimum Gasteiger partial charge on any atom is -0.497 e. The molecule has 1 aliphatic carbocycles. The summed E-state index contributed by atoms with van der Waals surface area (Å²) in [6.45, 7) is 0.414. The molecule has 0 aromatic heterocycles. The molecule has 2 unspecified atom stereocenters. The van der Waals surface area contributed by atoms with Crippen LogP contribution >= 0.6 is 0 Å². The van der Waals surface area contributed by atoms with E-state index in [2.05, 4.69) is 16.0 Å². The van der Waals surface area contributed by atoms with E-state index in [-0.39, 0.29) is 23.9 Å². The average molecular weight is 463 g/mol. The van der Waals surface area contributed by atoms with E-state index in [1.807, 2.05) is 36.4 Å². The van der Waals surface area contributed by atoms with Crippen LogP contribution in [-0.4, -0.2) is 54.5 Å². The maximum Gasteiger partial charge on any atom is 0.315 e. The molecule has 34 heavy (non-hydrogen) atoms. The van der Waals surface area contributed by atoms with Crippen molar-refractivity contribution < 1.29 is 19.1 Å². The number of carbonyl (C=O) groups excluding carboxylic acids is 3. The molecule has 0 bridgehead atoms. The fourth-order valence-electron chi connectivity index (χ4n) is 5.29. The van der Waals surface area contributed by atoms with Crippen LogP contribution in [0.4, 0.5) is 10.5 Å². The van der Waals surface area contributed by atoms with E-state index >= 15 is 0 Å². The largest absolute Gasteiger partial charge is 0.497 e. The Morgan fingerprint density at radius 3 is 2.44 bits per heavy atom. The molecule has 0 radical (unpaired) electrons. The monoisotopic (exact) mass is 462 g/mol. The lowest BCUT2D eigenvalue weighted by molar-refractivity contribution is -0.120. The molecule has 178 valence electrons. The molecule has 3 N–H and O–H groups in total. The van der Waals surface area contributed by atoms with Crippen molar-refractivity contribution in [3.63, 3.8) is 0 Å². The van der Waals surface area contributed by atoms with Crippen molar-refractivity contribution in [2.45, 2.75) is 56.7 Å². The number of urea groups is 1. The highest BCUT2D eigenvalue weighted by atomic mass is 16.5. The van der Waals surface area contributed by atoms with Crippen LogP contribution in [0, 0.1) is 0 Å². The number of nitrogens with one attached hydrogen (secondary N) is 3. The lowest BCUT2D eigenvalue weighted by atomic mass is 9.96. The topological polar surface area (TPSA) is 99.8 Å². The number of hydrogen-bond donors (Lipinski definition) is 3. The molecule has 0 spiro atoms. The molecule has 4 amide bonds. The van der Waals surface area contributed by atoms with Gasteiger partial charge in [0, 0.05) is 12.6 Å². The molecule has 2 aliphatic heterocycles. The summed E-state index contributed by atoms with van der Waals surface area (Å²) in [6.07, 6.45) is 5.96. The summed E-state index contributed by atoms with van der Waals surface area (Å²) in [7, 11) is 1.62. The third-order valence-electron chi connectivity index (χ3n) is 7.12. The number of ether oxygens (including phenoxy) is 1. The predicted molar refractivity (Wildman–Crippen MR) is 129 cm³/mol. The van der Waals surface area contributed by atoms with Crippen LogP contribution in [0.15, 0.2) is 42.5 Å². The fraction of sp³-hybridized carbons (Fsp3) is 0.423. The van der Waals surface area contributed by atoms with E-state index in [1.54, 1.807) is 18.1 Å². The Balaban J connectivity index is 1.33. The minimum absolute atomic E-state index is 0.177. The van der Waals surface area contributed by atoms with Gasteiger partial charge in [0.2, 0.25) is 5.91 Å². The Kier molecular flexibility index (Phi) is 6.13. The van der Waals surface area contributed by atoms with Crippen LogP contribution in [0.1, 0.15) is 48.9 Å². The fourth-order valence-corrected chi connectivity index (χ4v) is 5.29. The molecule has 2 aromatic rings. The molecule has 1 saturated heterocycles. The summed E-state index contributed by atoms with van der Waals surface area (Å²) in [6, 6.07) is 11.8. The quantitative estimate of drug-likeness (QED) is 0.647. The molecular formula is C26H30N4O4. The predicted octanol–water partition coefficient (Wildman–Crippen LogP) is 3.53. The number of anilines is 1. The Labute approximate surface area is 199 Å². The second kappa shape index (κ2) is 9.37. The van der Waals surface area contributed by atoms with Gasteiger partial charge in [0.1, 0.15) is 11.8 Å². The SMILES string of the molecule is COc1ccc(-c2ccc3c(c2)C(=O)N2CCC(NC(=O)NC4CCCCC4)C2C(=O)N3)cc1. The zero-order valence-corrected chi connectivity index (χ0v) is 19.3. The lowest BCUT2D eigenvalue weighted by Crippen LogP contribution is -2.54. The smallest absolute Gasteiger partial charge is 0.315 e. The molecule has 2 fully saturated rings. The van der Waals surface area contributed by atoms with Crippen LogP contribution in [0.5, 0.6) is 5.75 Å². The van der Waals surface area contributed by atoms with Gasteiger partial charge in [-0.05, 0) is 54.7 Å². The van der Waals surface area contributed by atoms with Crippen LogP contribution < -0.4 is 20.7 Å². The zero-order valence-electron chi connectivity index (χ0n) is 19.3. The Morgan fingerprint density at radius 2 is 1.71 bits per heavy atom. The van der Waals surface area contributed by atoms with Crippen LogP contribution in [0.2, 0.25) is 0 Å². The summed E-state index contributed by atoms with van der Waals surface area (Å²) in [5.74, 6) is 0.281. The van der Waals surface area contributed by atoms with Crippen molar-refractivity contribution in [1.82, 2.24) is 15.5 Å². The van der Waals surface area contributed by atoms with Gasteiger partial charge in [-0.1, -0.05) is 37.5 Å². The van der Waals surface area contributed by atoms with Crippen molar-refractivity contribution in [3.8, 4) is 16.9 Å². The highest BCUT2D eigenvalue weighted by Crippen LogP contribution is 2.33. The molecule has 8 nitrogen and oxygen atoms in total. The summed E-state index contributed by atoms with van der Waals surface area (Å²) in [5, 5.41) is 8.91. The minimum atomic E-state index is -0.735. The second-order valence-electron chi connectivity index (χ2n) is 9.27. The Morgan fingerprint density at radius 1 is 0.971 bits per heavy atom. The first kappa shape index (κ1) is 22.3. The van der Waals surface area contributed by atoms with Crippen molar-refractivity contribution in [3.05, 3.63) is 48.0 Å². The number of fused-ring (bicyclic) bond motifs is 2. The third-order valence-corrected chi connectivity index (χ3v) is 7.12. The van der Waals surface area contributed by atoms with Crippen molar-refractivity contribution >= 4 is 23.5 Å². The number of amides is 4. The van der Waals surface area contributed by atoms with Crippen molar-refractivity contribution in [2.24, 2.45) is 0 Å². The zero-order chi connectivity index (χ0) is 23.7. The van der Waals surface area contributed by atoms with Gasteiger partial charge in [-0.15, -0.1) is 0 Å². The molecule has 2 atom stereocenters. The van der Waals surface area contributed by atoms with Crippen LogP contribution in [-0.2, 0) is 4.79 Å². The van der Waals surface area contributed by atoms with E-state index in [4.69, 9.17) is 4.74 Å². The van der Waals surface area contributed by atoms with E-state index < -0.39 is 12.1 Å². The number of rotatable bonds is 4. The second-order valence-corrected chi connectivity index (χ2v) is 9.27. The third kappa shape index (κ3) is 4.32. The van der Waals surface area contributed by atoms with Crippen molar-refractivity contribution in [2.75, 3.05) is 19.0 Å². The molecular weight excluding hydrogens is 432 g/mol. The van der Waals surface area contributed by atoms with E-state index in [0.29, 0.717) is 24.2 Å². The maximum absolute atomic E-state index is 13.5. The van der Waals surface area contributed by atoms with Gasteiger partial charge in [0.25, 0.3) is 5.91 Å². The standard InChI is InChI=1S/C26H30N4O4/c1-34-19-10-7-16(8-11-19)17-9-12-21-20(15-17)25(32)30-14-13-22(23(30)24(31)28-21)29-26(33)27-18-5-3-2-4-6-18/h7-12,15,18,22-23H,2-6,13-14H2,1H3,(H,28,31)(H2,27,29,33). The molecule has 3 aliphatic rings. The summed E-state index contributed by atoms with van der Waals surface area (Å²) >= 11 is 0. The number of nitrogens with zero attached hydrogens (tertiary/aromatic N) is 1. The van der Waals surface area contributed by atoms with Crippen molar-refractivity contribution in [1.29, 1.82) is 0 Å². The van der Waals surface area contributed by atoms with Crippen LogP contribution in [0.3, 0.4) is 0 Å². The highest BCUT2D eigenvalue weighted by molar-refractivity contribution is 6.11. The molecule has 1 saturated carbocycles. The molecule has 2 aromatic carbocycles. The van der Waals surface area contributed by atoms with Gasteiger partial charge in [0.05, 0.1) is 24.4 Å². The number of hydrogen-bond acceptors (Lipinski definition) is 4. The lowest BCUT2D eigenvalue weighted by Gasteiger charge is -2.27. The number of methoxy groups -OCH3 is 1. The number of benzene rings is 2. The van der Waals surface area contributed by atoms with E-state index in [1.165, 1.54) is 6.42 Å². The van der Waals surface area contributed by atoms with Gasteiger partial charge < -0.3 is 25.6 Å². The Bertz CT molecular complexity index is 1090. The van der Waals surface area contributed by atoms with Gasteiger partial charge >= 0.3 is 6.03 Å². The summed E-state index contributed by atoms with van der Waals surface area (Å²) < 4.78 is 5.23. The van der Waals surface area contributed by atoms with E-state index in [9.17, 15) is 14.4 Å². The molecule has 5 rings (SSSR count). The van der Waals surface area contributed by atoms with Gasteiger partial charge in [-0.2, -0.15) is 0 Å². The average Bonchev–Trinajstić information content (AvgIpc) is 3.23. The molecule has 2 heterocycles. The van der Waals surface area contributed by atoms with Crippen LogP contribution in [0.25, 0.3) is 11.1 Å². The normalized spacial score (nSPS) is 22.3. The van der Waals surface area contributed by atoms with Gasteiger partial charge in [0.15, 0.2) is 0 Å².